The lowest BCUT2D eigenvalue weighted by molar-refractivity contribution is -0.126. The number of halogens is 3. The summed E-state index contributed by atoms with van der Waals surface area (Å²) in [6, 6.07) is 3.35. The molecule has 0 saturated carbocycles. The summed E-state index contributed by atoms with van der Waals surface area (Å²) in [5.41, 5.74) is 0.295. The van der Waals surface area contributed by atoms with Gasteiger partial charge in [0, 0.05) is 24.1 Å². The second-order valence-corrected chi connectivity index (χ2v) is 4.66. The predicted molar refractivity (Wildman–Crippen MR) is 71.0 cm³/mol. The summed E-state index contributed by atoms with van der Waals surface area (Å²) < 4.78 is 26.0. The molecule has 0 aromatic heterocycles. The van der Waals surface area contributed by atoms with E-state index in [1.807, 2.05) is 6.92 Å². The van der Waals surface area contributed by atoms with Crippen molar-refractivity contribution in [3.05, 3.63) is 35.4 Å². The van der Waals surface area contributed by atoms with E-state index in [0.717, 1.165) is 19.2 Å². The van der Waals surface area contributed by atoms with Gasteiger partial charge in [0.1, 0.15) is 11.6 Å². The van der Waals surface area contributed by atoms with Crippen LogP contribution < -0.4 is 10.6 Å². The minimum Gasteiger partial charge on any atom is -0.352 e. The first-order valence-corrected chi connectivity index (χ1v) is 6.00. The Morgan fingerprint density at radius 3 is 2.68 bits per heavy atom. The molecule has 3 nitrogen and oxygen atoms in total. The average Bonchev–Trinajstić information content (AvgIpc) is 2.25. The molecule has 1 aliphatic rings. The number of hydrogen-bond donors (Lipinski definition) is 2. The molecule has 1 fully saturated rings. The molecule has 1 aromatic rings. The highest BCUT2D eigenvalue weighted by Crippen LogP contribution is 2.16. The largest absolute Gasteiger partial charge is 0.352 e. The minimum atomic E-state index is -0.631. The average molecular weight is 291 g/mol. The molecule has 0 spiro atoms. The third-order valence-corrected chi connectivity index (χ3v) is 3.40. The molecule has 1 saturated heterocycles. The Balaban J connectivity index is 0.00000180. The topological polar surface area (TPSA) is 41.1 Å². The molecule has 0 aliphatic carbocycles. The molecule has 1 unspecified atom stereocenters. The molecule has 0 bridgehead atoms. The van der Waals surface area contributed by atoms with Crippen LogP contribution in [0.3, 0.4) is 0 Å². The molecule has 1 atom stereocenters. The molecule has 1 heterocycles. The van der Waals surface area contributed by atoms with Crippen LogP contribution in [0.5, 0.6) is 0 Å². The van der Waals surface area contributed by atoms with Gasteiger partial charge in [-0.3, -0.25) is 4.79 Å². The summed E-state index contributed by atoms with van der Waals surface area (Å²) >= 11 is 0. The fourth-order valence-corrected chi connectivity index (χ4v) is 1.89. The van der Waals surface area contributed by atoms with E-state index in [-0.39, 0.29) is 30.8 Å². The number of rotatable bonds is 4. The molecule has 19 heavy (non-hydrogen) atoms. The van der Waals surface area contributed by atoms with Crippen LogP contribution >= 0.6 is 12.4 Å². The van der Waals surface area contributed by atoms with Gasteiger partial charge in [0.2, 0.25) is 5.91 Å². The Morgan fingerprint density at radius 2 is 2.16 bits per heavy atom. The first-order chi connectivity index (χ1) is 8.58. The molecule has 106 valence electrons. The molecule has 2 N–H and O–H groups in total. The Hall–Kier alpha value is -1.20. The van der Waals surface area contributed by atoms with Crippen LogP contribution in [0.25, 0.3) is 0 Å². The number of hydrogen-bond acceptors (Lipinski definition) is 2. The fourth-order valence-electron chi connectivity index (χ4n) is 1.89. The zero-order valence-electron chi connectivity index (χ0n) is 10.6. The van der Waals surface area contributed by atoms with Gasteiger partial charge in [-0.1, -0.05) is 13.0 Å². The van der Waals surface area contributed by atoms with Crippen LogP contribution in [-0.2, 0) is 11.3 Å². The summed E-state index contributed by atoms with van der Waals surface area (Å²) in [5, 5.41) is 5.78. The van der Waals surface area contributed by atoms with Gasteiger partial charge in [0.15, 0.2) is 0 Å². The highest BCUT2D eigenvalue weighted by atomic mass is 35.5. The first kappa shape index (κ1) is 15.9. The standard InChI is InChI=1S/C13H16F2N2O.ClH/c1-8(10-5-16-6-10)13(18)17-7-9-2-3-11(14)4-12(9)15;/h2-4,8,10,16H,5-7H2,1H3,(H,17,18);1H. The fraction of sp³-hybridized carbons (Fsp3) is 0.462. The van der Waals surface area contributed by atoms with E-state index in [1.54, 1.807) is 0 Å². The van der Waals surface area contributed by atoms with Crippen molar-refractivity contribution in [1.82, 2.24) is 10.6 Å². The Kier molecular flexibility index (Phi) is 5.69. The molecule has 1 amide bonds. The van der Waals surface area contributed by atoms with Crippen LogP contribution in [0.1, 0.15) is 12.5 Å². The van der Waals surface area contributed by atoms with E-state index in [4.69, 9.17) is 0 Å². The SMILES string of the molecule is CC(C(=O)NCc1ccc(F)cc1F)C1CNC1.Cl. The summed E-state index contributed by atoms with van der Waals surface area (Å²) in [4.78, 5) is 11.8. The molecule has 0 radical (unpaired) electrons. The van der Waals surface area contributed by atoms with Crippen LogP contribution in [0.2, 0.25) is 0 Å². The van der Waals surface area contributed by atoms with Crippen molar-refractivity contribution in [2.75, 3.05) is 13.1 Å². The lowest BCUT2D eigenvalue weighted by atomic mass is 9.88. The Morgan fingerprint density at radius 1 is 1.47 bits per heavy atom. The van der Waals surface area contributed by atoms with Crippen molar-refractivity contribution < 1.29 is 13.6 Å². The zero-order valence-corrected chi connectivity index (χ0v) is 11.4. The second-order valence-electron chi connectivity index (χ2n) is 4.66. The highest BCUT2D eigenvalue weighted by molar-refractivity contribution is 5.85. The van der Waals surface area contributed by atoms with Gasteiger partial charge < -0.3 is 10.6 Å². The van der Waals surface area contributed by atoms with E-state index in [1.165, 1.54) is 12.1 Å². The van der Waals surface area contributed by atoms with Crippen molar-refractivity contribution in [3.8, 4) is 0 Å². The zero-order chi connectivity index (χ0) is 13.1. The van der Waals surface area contributed by atoms with Gasteiger partial charge in [-0.05, 0) is 25.1 Å². The van der Waals surface area contributed by atoms with Crippen LogP contribution in [-0.4, -0.2) is 19.0 Å². The van der Waals surface area contributed by atoms with E-state index in [0.29, 0.717) is 11.5 Å². The van der Waals surface area contributed by atoms with Crippen molar-refractivity contribution >= 4 is 18.3 Å². The van der Waals surface area contributed by atoms with Gasteiger partial charge in [0.25, 0.3) is 0 Å². The van der Waals surface area contributed by atoms with Crippen LogP contribution in [0, 0.1) is 23.5 Å². The lowest BCUT2D eigenvalue weighted by Crippen LogP contribution is -2.49. The van der Waals surface area contributed by atoms with Crippen molar-refractivity contribution in [2.24, 2.45) is 11.8 Å². The number of nitrogens with one attached hydrogen (secondary N) is 2. The molecular weight excluding hydrogens is 274 g/mol. The highest BCUT2D eigenvalue weighted by Gasteiger charge is 2.28. The molecule has 1 aromatic carbocycles. The van der Waals surface area contributed by atoms with E-state index in [2.05, 4.69) is 10.6 Å². The summed E-state index contributed by atoms with van der Waals surface area (Å²) in [7, 11) is 0. The predicted octanol–water partition coefficient (Wildman–Crippen LogP) is 1.86. The third kappa shape index (κ3) is 3.88. The van der Waals surface area contributed by atoms with Crippen LogP contribution in [0.15, 0.2) is 18.2 Å². The normalized spacial score (nSPS) is 16.2. The smallest absolute Gasteiger partial charge is 0.223 e. The van der Waals surface area contributed by atoms with Gasteiger partial charge in [-0.15, -0.1) is 12.4 Å². The number of carbonyl (C=O) groups is 1. The van der Waals surface area contributed by atoms with Gasteiger partial charge in [-0.25, -0.2) is 8.78 Å². The quantitative estimate of drug-likeness (QED) is 0.889. The van der Waals surface area contributed by atoms with Crippen molar-refractivity contribution in [3.63, 3.8) is 0 Å². The molecule has 6 heteroatoms. The number of carbonyl (C=O) groups excluding carboxylic acids is 1. The minimum absolute atomic E-state index is 0. The van der Waals surface area contributed by atoms with Crippen molar-refractivity contribution in [1.29, 1.82) is 0 Å². The summed E-state index contributed by atoms with van der Waals surface area (Å²) in [5.74, 6) is -1.08. The third-order valence-electron chi connectivity index (χ3n) is 3.40. The maximum absolute atomic E-state index is 13.3. The maximum Gasteiger partial charge on any atom is 0.223 e. The van der Waals surface area contributed by atoms with Crippen molar-refractivity contribution in [2.45, 2.75) is 13.5 Å². The van der Waals surface area contributed by atoms with Crippen LogP contribution in [0.4, 0.5) is 8.78 Å². The van der Waals surface area contributed by atoms with Gasteiger partial charge >= 0.3 is 0 Å². The maximum atomic E-state index is 13.3. The van der Waals surface area contributed by atoms with Gasteiger partial charge in [-0.2, -0.15) is 0 Å². The summed E-state index contributed by atoms with van der Waals surface area (Å²) in [6.07, 6.45) is 0. The monoisotopic (exact) mass is 290 g/mol. The summed E-state index contributed by atoms with van der Waals surface area (Å²) in [6.45, 7) is 3.65. The molecule has 1 aliphatic heterocycles. The number of amides is 1. The van der Waals surface area contributed by atoms with E-state index in [9.17, 15) is 13.6 Å². The second kappa shape index (κ2) is 6.82. The molecular formula is C13H17ClF2N2O. The van der Waals surface area contributed by atoms with E-state index < -0.39 is 11.6 Å². The van der Waals surface area contributed by atoms with Gasteiger partial charge in [0.05, 0.1) is 0 Å². The Labute approximate surface area is 117 Å². The first-order valence-electron chi connectivity index (χ1n) is 6.00. The lowest BCUT2D eigenvalue weighted by Gasteiger charge is -2.31. The Bertz CT molecular complexity index is 452. The number of benzene rings is 1. The van der Waals surface area contributed by atoms with E-state index >= 15 is 0 Å². The molecule has 2 rings (SSSR count).